The Labute approximate surface area is 221 Å². The molecule has 10 nitrogen and oxygen atoms in total. The first kappa shape index (κ1) is 24.1. The van der Waals surface area contributed by atoms with E-state index in [2.05, 4.69) is 46.6 Å². The number of aromatic nitrogens is 1. The molecule has 7 rings (SSSR count). The summed E-state index contributed by atoms with van der Waals surface area (Å²) in [7, 11) is 2.06. The molecule has 4 fully saturated rings. The number of likely N-dealkylation sites (N-methyl/N-ethyl adjacent to an activating group) is 1. The summed E-state index contributed by atoms with van der Waals surface area (Å²) >= 11 is 0. The van der Waals surface area contributed by atoms with Crippen molar-refractivity contribution in [1.29, 1.82) is 0 Å². The topological polar surface area (TPSA) is 118 Å². The normalized spacial score (nSPS) is 36.6. The Morgan fingerprint density at radius 2 is 2.11 bits per heavy atom. The summed E-state index contributed by atoms with van der Waals surface area (Å²) < 4.78 is 6.24. The molecule has 2 aromatic rings. The number of nitrogens with one attached hydrogen (secondary N) is 2. The molecule has 4 saturated heterocycles. The van der Waals surface area contributed by atoms with Crippen LogP contribution in [-0.4, -0.2) is 92.9 Å². The molecule has 6 atom stereocenters. The molecule has 3 unspecified atom stereocenters. The number of amides is 3. The summed E-state index contributed by atoms with van der Waals surface area (Å²) in [5.41, 5.74) is 1.96. The van der Waals surface area contributed by atoms with Gasteiger partial charge in [-0.2, -0.15) is 0 Å². The van der Waals surface area contributed by atoms with Gasteiger partial charge in [0.05, 0.1) is 5.92 Å². The number of aliphatic hydroxyl groups is 1. The van der Waals surface area contributed by atoms with E-state index in [-0.39, 0.29) is 30.2 Å². The lowest BCUT2D eigenvalue weighted by Gasteiger charge is -2.46. The minimum atomic E-state index is -1.95. The van der Waals surface area contributed by atoms with Crippen molar-refractivity contribution in [3.8, 4) is 0 Å². The van der Waals surface area contributed by atoms with Crippen LogP contribution >= 0.6 is 0 Å². The molecule has 1 aromatic heterocycles. The van der Waals surface area contributed by atoms with Crippen molar-refractivity contribution in [2.45, 2.75) is 69.2 Å². The zero-order chi connectivity index (χ0) is 26.6. The SMILES string of the molecule is CC(C)[C@@]1(NC(=O)[C@@H]2CC3c4cccc5[nH]cc(c45)CC3N(C)C2)O[C@@]2(O)C3CCCN3C(=O)CN2C1=O. The maximum atomic E-state index is 13.9. The van der Waals surface area contributed by atoms with Crippen LogP contribution in [0.2, 0.25) is 0 Å². The van der Waals surface area contributed by atoms with E-state index in [9.17, 15) is 19.5 Å². The summed E-state index contributed by atoms with van der Waals surface area (Å²) in [5.74, 6) is -3.59. The Bertz CT molecular complexity index is 1360. The molecular weight excluding hydrogens is 486 g/mol. The first-order valence-electron chi connectivity index (χ1n) is 13.8. The minimum Gasteiger partial charge on any atom is -0.361 e. The van der Waals surface area contributed by atoms with Crippen molar-refractivity contribution >= 4 is 28.6 Å². The molecule has 0 saturated carbocycles. The van der Waals surface area contributed by atoms with Gasteiger partial charge in [-0.25, -0.2) is 0 Å². The number of piperidine rings is 1. The van der Waals surface area contributed by atoms with Gasteiger partial charge in [-0.05, 0) is 49.9 Å². The number of carbonyl (C=O) groups excluding carboxylic acids is 3. The average Bonchev–Trinajstić information content (AvgIpc) is 3.59. The zero-order valence-electron chi connectivity index (χ0n) is 22.1. The van der Waals surface area contributed by atoms with Crippen LogP contribution in [0, 0.1) is 11.8 Å². The molecule has 10 heteroatoms. The first-order chi connectivity index (χ1) is 18.1. The summed E-state index contributed by atoms with van der Waals surface area (Å²) in [6, 6.07) is 5.98. The fourth-order valence-corrected chi connectivity index (χ4v) is 7.80. The number of rotatable bonds is 3. The molecule has 0 radical (unpaired) electrons. The highest BCUT2D eigenvalue weighted by Crippen LogP contribution is 2.47. The standard InChI is InChI=1S/C28H35N5O5/c1-15(2)27(26(36)33-14-23(34)32-9-5-8-22(32)28(33,37)38-27)30-25(35)17-10-19-18-6-4-7-20-24(18)16(12-29-20)11-21(19)31(3)13-17/h4,6-7,12,15,17,19,21-22,29,37H,5,8-11,13-14H2,1-3H3,(H,30,35)/t17-,19?,21?,22?,27-,28+/m1/s1. The van der Waals surface area contributed by atoms with Gasteiger partial charge in [0.15, 0.2) is 0 Å². The second-order valence-corrected chi connectivity index (χ2v) is 12.1. The van der Waals surface area contributed by atoms with Gasteiger partial charge in [-0.3, -0.25) is 24.0 Å². The van der Waals surface area contributed by atoms with Crippen LogP contribution in [0.3, 0.4) is 0 Å². The molecule has 5 aliphatic rings. The van der Waals surface area contributed by atoms with Crippen molar-refractivity contribution < 1.29 is 24.2 Å². The van der Waals surface area contributed by atoms with Gasteiger partial charge in [-0.15, -0.1) is 0 Å². The number of nitrogens with zero attached hydrogens (tertiary/aromatic N) is 3. The van der Waals surface area contributed by atoms with Gasteiger partial charge in [0.1, 0.15) is 12.6 Å². The monoisotopic (exact) mass is 521 g/mol. The minimum absolute atomic E-state index is 0.187. The molecule has 202 valence electrons. The van der Waals surface area contributed by atoms with Crippen LogP contribution in [0.5, 0.6) is 0 Å². The first-order valence-corrected chi connectivity index (χ1v) is 13.8. The van der Waals surface area contributed by atoms with E-state index in [0.717, 1.165) is 23.3 Å². The van der Waals surface area contributed by atoms with Gasteiger partial charge in [0, 0.05) is 48.1 Å². The molecular formula is C28H35N5O5. The van der Waals surface area contributed by atoms with E-state index in [1.165, 1.54) is 16.5 Å². The third-order valence-electron chi connectivity index (χ3n) is 9.78. The maximum absolute atomic E-state index is 13.9. The number of piperazine rings is 1. The lowest BCUT2D eigenvalue weighted by Crippen LogP contribution is -2.67. The highest BCUT2D eigenvalue weighted by molar-refractivity contribution is 5.96. The third kappa shape index (κ3) is 3.08. The largest absolute Gasteiger partial charge is 0.361 e. The lowest BCUT2D eigenvalue weighted by atomic mass is 9.72. The number of benzene rings is 1. The van der Waals surface area contributed by atoms with Crippen molar-refractivity contribution in [3.63, 3.8) is 0 Å². The predicted molar refractivity (Wildman–Crippen MR) is 137 cm³/mol. The maximum Gasteiger partial charge on any atom is 0.281 e. The quantitative estimate of drug-likeness (QED) is 0.557. The Morgan fingerprint density at radius 3 is 2.89 bits per heavy atom. The number of hydrogen-bond donors (Lipinski definition) is 3. The molecule has 38 heavy (non-hydrogen) atoms. The van der Waals surface area contributed by atoms with E-state index in [1.807, 2.05) is 0 Å². The van der Waals surface area contributed by atoms with E-state index in [1.54, 1.807) is 18.7 Å². The molecule has 1 aromatic carbocycles. The zero-order valence-corrected chi connectivity index (χ0v) is 22.1. The van der Waals surface area contributed by atoms with Gasteiger partial charge in [-0.1, -0.05) is 26.0 Å². The van der Waals surface area contributed by atoms with Gasteiger partial charge >= 0.3 is 0 Å². The molecule has 1 aliphatic carbocycles. The van der Waals surface area contributed by atoms with Crippen LogP contribution in [0.4, 0.5) is 0 Å². The number of carbonyl (C=O) groups is 3. The number of ether oxygens (including phenoxy) is 1. The Hall–Kier alpha value is -2.95. The number of aromatic amines is 1. The Morgan fingerprint density at radius 1 is 1.29 bits per heavy atom. The van der Waals surface area contributed by atoms with Gasteiger partial charge < -0.3 is 25.2 Å². The number of hydrogen-bond acceptors (Lipinski definition) is 6. The fourth-order valence-electron chi connectivity index (χ4n) is 7.80. The summed E-state index contributed by atoms with van der Waals surface area (Å²) in [6.07, 6.45) is 4.96. The summed E-state index contributed by atoms with van der Waals surface area (Å²) in [6.45, 7) is 4.44. The van der Waals surface area contributed by atoms with Crippen LogP contribution in [0.15, 0.2) is 24.4 Å². The molecule has 3 N–H and O–H groups in total. The van der Waals surface area contributed by atoms with Crippen molar-refractivity contribution in [2.24, 2.45) is 11.8 Å². The summed E-state index contributed by atoms with van der Waals surface area (Å²) in [4.78, 5) is 48.9. The highest BCUT2D eigenvalue weighted by Gasteiger charge is 2.69. The van der Waals surface area contributed by atoms with Crippen molar-refractivity contribution in [3.05, 3.63) is 35.5 Å². The number of fused-ring (bicyclic) bond motifs is 5. The van der Waals surface area contributed by atoms with Crippen molar-refractivity contribution in [2.75, 3.05) is 26.7 Å². The fraction of sp³-hybridized carbons (Fsp3) is 0.607. The second kappa shape index (κ2) is 8.03. The predicted octanol–water partition coefficient (Wildman–Crippen LogP) is 1.11. The summed E-state index contributed by atoms with van der Waals surface area (Å²) in [5, 5.41) is 15.9. The van der Waals surface area contributed by atoms with Crippen LogP contribution in [-0.2, 0) is 25.5 Å². The smallest absolute Gasteiger partial charge is 0.281 e. The van der Waals surface area contributed by atoms with Gasteiger partial charge in [0.25, 0.3) is 11.8 Å². The molecule has 0 spiro atoms. The highest BCUT2D eigenvalue weighted by atomic mass is 16.7. The molecule has 3 amide bonds. The van der Waals surface area contributed by atoms with Crippen LogP contribution in [0.1, 0.15) is 50.2 Å². The number of likely N-dealkylation sites (tertiary alicyclic amines) is 1. The molecule has 5 heterocycles. The second-order valence-electron chi connectivity index (χ2n) is 12.1. The lowest BCUT2D eigenvalue weighted by molar-refractivity contribution is -0.314. The van der Waals surface area contributed by atoms with E-state index in [0.29, 0.717) is 32.0 Å². The van der Waals surface area contributed by atoms with Crippen LogP contribution < -0.4 is 5.32 Å². The van der Waals surface area contributed by atoms with E-state index < -0.39 is 29.5 Å². The average molecular weight is 522 g/mol. The van der Waals surface area contributed by atoms with E-state index in [4.69, 9.17) is 4.74 Å². The van der Waals surface area contributed by atoms with E-state index >= 15 is 0 Å². The molecule has 0 bridgehead atoms. The number of H-pyrrole nitrogens is 1. The molecule has 4 aliphatic heterocycles. The third-order valence-corrected chi connectivity index (χ3v) is 9.78. The Kier molecular flexibility index (Phi) is 5.10. The Balaban J connectivity index is 1.18. The van der Waals surface area contributed by atoms with Crippen molar-refractivity contribution in [1.82, 2.24) is 25.0 Å². The van der Waals surface area contributed by atoms with Gasteiger partial charge in [0.2, 0.25) is 17.5 Å². The van der Waals surface area contributed by atoms with Crippen LogP contribution in [0.25, 0.3) is 10.9 Å².